The van der Waals surface area contributed by atoms with Crippen molar-refractivity contribution in [2.24, 2.45) is 0 Å². The quantitative estimate of drug-likeness (QED) is 0.912. The molecular formula is C13H12N2O4S. The van der Waals surface area contributed by atoms with Gasteiger partial charge >= 0.3 is 5.97 Å². The van der Waals surface area contributed by atoms with Crippen molar-refractivity contribution in [3.8, 4) is 16.7 Å². The van der Waals surface area contributed by atoms with Crippen molar-refractivity contribution in [2.75, 3.05) is 7.11 Å². The summed E-state index contributed by atoms with van der Waals surface area (Å²) in [5.41, 5.74) is 0.0347. The number of methoxy groups -OCH3 is 1. The third-order valence-electron chi connectivity index (χ3n) is 2.98. The van der Waals surface area contributed by atoms with Gasteiger partial charge in [0.2, 0.25) is 0 Å². The second-order valence-corrected chi connectivity index (χ2v) is 5.18. The smallest absolute Gasteiger partial charge is 0.339 e. The van der Waals surface area contributed by atoms with Crippen molar-refractivity contribution in [3.63, 3.8) is 0 Å². The molecule has 6 nitrogen and oxygen atoms in total. The first-order valence-corrected chi connectivity index (χ1v) is 6.87. The third-order valence-corrected chi connectivity index (χ3v) is 3.59. The highest BCUT2D eigenvalue weighted by Gasteiger charge is 2.28. The summed E-state index contributed by atoms with van der Waals surface area (Å²) in [6, 6.07) is 4.62. The minimum Gasteiger partial charge on any atom is -0.497 e. The Hall–Kier alpha value is -2.15. The molecule has 3 rings (SSSR count). The van der Waals surface area contributed by atoms with Crippen LogP contribution in [0.25, 0.3) is 0 Å². The lowest BCUT2D eigenvalue weighted by atomic mass is 10.2. The minimum atomic E-state index is -1.08. The summed E-state index contributed by atoms with van der Waals surface area (Å²) in [6.45, 7) is 0. The van der Waals surface area contributed by atoms with Crippen molar-refractivity contribution >= 4 is 17.5 Å². The fourth-order valence-corrected chi connectivity index (χ4v) is 2.38. The highest BCUT2D eigenvalue weighted by Crippen LogP contribution is 2.40. The monoisotopic (exact) mass is 292 g/mol. The molecule has 1 aromatic heterocycles. The van der Waals surface area contributed by atoms with Crippen LogP contribution in [0.15, 0.2) is 18.2 Å². The van der Waals surface area contributed by atoms with Gasteiger partial charge in [-0.15, -0.1) is 0 Å². The average Bonchev–Trinajstić information content (AvgIpc) is 3.20. The van der Waals surface area contributed by atoms with Crippen LogP contribution < -0.4 is 9.47 Å². The van der Waals surface area contributed by atoms with E-state index in [1.165, 1.54) is 13.2 Å². The number of ether oxygens (including phenoxy) is 2. The van der Waals surface area contributed by atoms with Gasteiger partial charge in [0, 0.05) is 17.5 Å². The Morgan fingerprint density at radius 3 is 2.90 bits per heavy atom. The number of carboxylic acids is 1. The number of aromatic carboxylic acids is 1. The molecule has 1 heterocycles. The Labute approximate surface area is 119 Å². The van der Waals surface area contributed by atoms with Gasteiger partial charge in [-0.05, 0) is 31.0 Å². The van der Waals surface area contributed by atoms with Crippen molar-refractivity contribution in [2.45, 2.75) is 18.8 Å². The number of nitrogens with zero attached hydrogens (tertiary/aromatic N) is 2. The number of rotatable bonds is 5. The van der Waals surface area contributed by atoms with Crippen LogP contribution in [0.4, 0.5) is 0 Å². The van der Waals surface area contributed by atoms with Gasteiger partial charge in [-0.3, -0.25) is 0 Å². The zero-order chi connectivity index (χ0) is 14.1. The fraction of sp³-hybridized carbons (Fsp3) is 0.308. The molecule has 0 radical (unpaired) electrons. The first-order chi connectivity index (χ1) is 9.67. The molecular weight excluding hydrogens is 280 g/mol. The predicted molar refractivity (Wildman–Crippen MR) is 71.9 cm³/mol. The maximum absolute atomic E-state index is 11.2. The summed E-state index contributed by atoms with van der Waals surface area (Å²) in [4.78, 5) is 15.5. The van der Waals surface area contributed by atoms with E-state index >= 15 is 0 Å². The molecule has 1 aromatic carbocycles. The lowest BCUT2D eigenvalue weighted by Gasteiger charge is -2.07. The highest BCUT2D eigenvalue weighted by molar-refractivity contribution is 7.07. The van der Waals surface area contributed by atoms with Gasteiger partial charge < -0.3 is 14.6 Å². The van der Waals surface area contributed by atoms with Gasteiger partial charge in [0.25, 0.3) is 5.19 Å². The van der Waals surface area contributed by atoms with Crippen molar-refractivity contribution in [3.05, 3.63) is 29.6 Å². The summed E-state index contributed by atoms with van der Waals surface area (Å²) < 4.78 is 14.8. The second kappa shape index (κ2) is 5.09. The Kier molecular flexibility index (Phi) is 3.27. The van der Waals surface area contributed by atoms with Crippen LogP contribution in [0, 0.1) is 0 Å². The predicted octanol–water partition coefficient (Wildman–Crippen LogP) is 2.91. The zero-order valence-electron chi connectivity index (χ0n) is 10.7. The number of benzene rings is 1. The Morgan fingerprint density at radius 1 is 1.45 bits per heavy atom. The minimum absolute atomic E-state index is 0.0347. The van der Waals surface area contributed by atoms with Crippen molar-refractivity contribution in [1.29, 1.82) is 0 Å². The molecule has 20 heavy (non-hydrogen) atoms. The zero-order valence-corrected chi connectivity index (χ0v) is 11.5. The van der Waals surface area contributed by atoms with Crippen molar-refractivity contribution in [1.82, 2.24) is 9.36 Å². The standard InChI is InChI=1S/C13H12N2O4S/c1-18-8-4-5-10(9(6-8)12(16)17)19-13-14-11(15-20-13)7-2-3-7/h4-7H,2-3H2,1H3,(H,16,17). The van der Waals surface area contributed by atoms with Crippen LogP contribution >= 0.6 is 11.5 Å². The molecule has 104 valence electrons. The number of carbonyl (C=O) groups is 1. The van der Waals surface area contributed by atoms with E-state index in [1.54, 1.807) is 12.1 Å². The fourth-order valence-electron chi connectivity index (χ4n) is 1.76. The van der Waals surface area contributed by atoms with Crippen LogP contribution in [-0.4, -0.2) is 27.5 Å². The number of carboxylic acid groups (broad SMARTS) is 1. The molecule has 0 aliphatic heterocycles. The Balaban J connectivity index is 1.86. The van der Waals surface area contributed by atoms with E-state index in [9.17, 15) is 9.90 Å². The first kappa shape index (κ1) is 12.9. The summed E-state index contributed by atoms with van der Waals surface area (Å²) in [5.74, 6) is 0.849. The topological polar surface area (TPSA) is 81.5 Å². The van der Waals surface area contributed by atoms with Crippen LogP contribution in [0.2, 0.25) is 0 Å². The molecule has 1 N–H and O–H groups in total. The molecule has 0 saturated heterocycles. The van der Waals surface area contributed by atoms with E-state index in [-0.39, 0.29) is 11.3 Å². The highest BCUT2D eigenvalue weighted by atomic mass is 32.1. The van der Waals surface area contributed by atoms with Crippen molar-refractivity contribution < 1.29 is 19.4 Å². The molecule has 0 unspecified atom stereocenters. The van der Waals surface area contributed by atoms with Gasteiger partial charge in [-0.25, -0.2) is 4.79 Å². The van der Waals surface area contributed by atoms with E-state index in [0.717, 1.165) is 30.2 Å². The van der Waals surface area contributed by atoms with E-state index in [1.807, 2.05) is 0 Å². The van der Waals surface area contributed by atoms with Gasteiger partial charge in [0.05, 0.1) is 7.11 Å². The molecule has 1 aliphatic rings. The first-order valence-electron chi connectivity index (χ1n) is 6.10. The third kappa shape index (κ3) is 2.57. The number of aromatic nitrogens is 2. The van der Waals surface area contributed by atoms with Gasteiger partial charge in [-0.1, -0.05) is 0 Å². The largest absolute Gasteiger partial charge is 0.497 e. The van der Waals surface area contributed by atoms with E-state index in [4.69, 9.17) is 9.47 Å². The van der Waals surface area contributed by atoms with Crippen LogP contribution in [0.5, 0.6) is 16.7 Å². The Morgan fingerprint density at radius 2 is 2.25 bits per heavy atom. The molecule has 1 fully saturated rings. The number of hydrogen-bond donors (Lipinski definition) is 1. The van der Waals surface area contributed by atoms with E-state index in [2.05, 4.69) is 9.36 Å². The lowest BCUT2D eigenvalue weighted by molar-refractivity contribution is 0.0693. The maximum Gasteiger partial charge on any atom is 0.339 e. The van der Waals surface area contributed by atoms with Crippen LogP contribution in [0.1, 0.15) is 34.9 Å². The molecule has 7 heteroatoms. The van der Waals surface area contributed by atoms with E-state index < -0.39 is 5.97 Å². The Bertz CT molecular complexity index is 652. The molecule has 0 bridgehead atoms. The molecule has 2 aromatic rings. The van der Waals surface area contributed by atoms with Gasteiger partial charge in [0.15, 0.2) is 0 Å². The summed E-state index contributed by atoms with van der Waals surface area (Å²) in [5, 5.41) is 9.56. The molecule has 1 aliphatic carbocycles. The van der Waals surface area contributed by atoms with Crippen LogP contribution in [-0.2, 0) is 0 Å². The molecule has 0 atom stereocenters. The van der Waals surface area contributed by atoms with E-state index in [0.29, 0.717) is 16.9 Å². The summed E-state index contributed by atoms with van der Waals surface area (Å²) in [7, 11) is 1.48. The summed E-state index contributed by atoms with van der Waals surface area (Å²) in [6.07, 6.45) is 2.22. The lowest BCUT2D eigenvalue weighted by Crippen LogP contribution is -2.00. The summed E-state index contributed by atoms with van der Waals surface area (Å²) >= 11 is 1.14. The molecule has 1 saturated carbocycles. The van der Waals surface area contributed by atoms with Crippen LogP contribution in [0.3, 0.4) is 0 Å². The normalized spacial score (nSPS) is 14.1. The van der Waals surface area contributed by atoms with Gasteiger partial charge in [0.1, 0.15) is 22.9 Å². The molecule has 0 amide bonds. The maximum atomic E-state index is 11.2. The SMILES string of the molecule is COc1ccc(Oc2nc(C3CC3)ns2)c(C(=O)O)c1. The average molecular weight is 292 g/mol. The van der Waals surface area contributed by atoms with Gasteiger partial charge in [-0.2, -0.15) is 9.36 Å². The number of hydrogen-bond acceptors (Lipinski definition) is 6. The second-order valence-electron chi connectivity index (χ2n) is 4.46. The molecule has 0 spiro atoms.